The lowest BCUT2D eigenvalue weighted by atomic mass is 10.1. The van der Waals surface area contributed by atoms with E-state index in [9.17, 15) is 0 Å². The Morgan fingerprint density at radius 3 is 2.94 bits per heavy atom. The van der Waals surface area contributed by atoms with Gasteiger partial charge in [0, 0.05) is 23.5 Å². The third-order valence-corrected chi connectivity index (χ3v) is 2.97. The first-order chi connectivity index (χ1) is 8.25. The van der Waals surface area contributed by atoms with Crippen LogP contribution < -0.4 is 0 Å². The van der Waals surface area contributed by atoms with Gasteiger partial charge in [-0.05, 0) is 30.7 Å². The Kier molecular flexibility index (Phi) is 2.30. The van der Waals surface area contributed by atoms with Crippen molar-refractivity contribution in [3.05, 3.63) is 47.6 Å². The minimum atomic E-state index is 0.495. The molecule has 0 aliphatic rings. The van der Waals surface area contributed by atoms with Gasteiger partial charge in [0.15, 0.2) is 5.65 Å². The number of aryl methyl sites for hydroxylation is 1. The van der Waals surface area contributed by atoms with E-state index in [2.05, 4.69) is 15.1 Å². The number of aromatic nitrogens is 4. The third-order valence-electron chi connectivity index (χ3n) is 2.67. The number of fused-ring (bicyclic) bond motifs is 1. The molecule has 0 radical (unpaired) electrons. The molecule has 5 heteroatoms. The molecule has 0 amide bonds. The molecule has 3 rings (SSSR count). The largest absolute Gasteiger partial charge is 0.244 e. The topological polar surface area (TPSA) is 43.1 Å². The van der Waals surface area contributed by atoms with Crippen molar-refractivity contribution in [2.24, 2.45) is 0 Å². The molecule has 0 saturated carbocycles. The molecular formula is C12H9ClN4. The summed E-state index contributed by atoms with van der Waals surface area (Å²) in [4.78, 5) is 8.22. The van der Waals surface area contributed by atoms with E-state index in [-0.39, 0.29) is 0 Å². The van der Waals surface area contributed by atoms with Crippen LogP contribution in [-0.4, -0.2) is 19.6 Å². The van der Waals surface area contributed by atoms with E-state index in [1.165, 1.54) is 6.33 Å². The van der Waals surface area contributed by atoms with Gasteiger partial charge in [-0.2, -0.15) is 5.10 Å². The second kappa shape index (κ2) is 3.82. The highest BCUT2D eigenvalue weighted by Gasteiger charge is 2.09. The molecule has 4 nitrogen and oxygen atoms in total. The molecule has 0 N–H and O–H groups in total. The lowest BCUT2D eigenvalue weighted by Gasteiger charge is -2.07. The molecule has 3 aromatic heterocycles. The van der Waals surface area contributed by atoms with Crippen molar-refractivity contribution < 1.29 is 0 Å². The smallest absolute Gasteiger partial charge is 0.155 e. The van der Waals surface area contributed by atoms with Crippen LogP contribution in [0.15, 0.2) is 36.9 Å². The summed E-state index contributed by atoms with van der Waals surface area (Å²) in [6, 6.07) is 5.79. The van der Waals surface area contributed by atoms with E-state index in [0.717, 1.165) is 22.3 Å². The summed E-state index contributed by atoms with van der Waals surface area (Å²) in [7, 11) is 0. The second-order valence-corrected chi connectivity index (χ2v) is 4.13. The van der Waals surface area contributed by atoms with Crippen LogP contribution in [0.2, 0.25) is 5.15 Å². The van der Waals surface area contributed by atoms with Gasteiger partial charge in [-0.3, -0.25) is 0 Å². The summed E-state index contributed by atoms with van der Waals surface area (Å²) in [6.45, 7) is 2.02. The first-order valence-electron chi connectivity index (χ1n) is 5.16. The zero-order chi connectivity index (χ0) is 11.8. The van der Waals surface area contributed by atoms with E-state index >= 15 is 0 Å². The van der Waals surface area contributed by atoms with Crippen molar-refractivity contribution in [1.82, 2.24) is 19.6 Å². The minimum Gasteiger partial charge on any atom is -0.244 e. The lowest BCUT2D eigenvalue weighted by Crippen LogP contribution is -1.93. The van der Waals surface area contributed by atoms with Gasteiger partial charge in [-0.15, -0.1) is 0 Å². The predicted molar refractivity (Wildman–Crippen MR) is 66.0 cm³/mol. The minimum absolute atomic E-state index is 0.495. The zero-order valence-corrected chi connectivity index (χ0v) is 9.89. The summed E-state index contributed by atoms with van der Waals surface area (Å²) in [5, 5.41) is 4.61. The van der Waals surface area contributed by atoms with Crippen LogP contribution in [0.3, 0.4) is 0 Å². The second-order valence-electron chi connectivity index (χ2n) is 3.77. The van der Waals surface area contributed by atoms with E-state index in [0.29, 0.717) is 5.15 Å². The number of rotatable bonds is 1. The molecule has 0 bridgehead atoms. The van der Waals surface area contributed by atoms with Crippen molar-refractivity contribution in [2.45, 2.75) is 6.92 Å². The van der Waals surface area contributed by atoms with E-state index in [4.69, 9.17) is 11.6 Å². The number of hydrogen-bond donors (Lipinski definition) is 0. The monoisotopic (exact) mass is 244 g/mol. The third kappa shape index (κ3) is 1.66. The fourth-order valence-corrected chi connectivity index (χ4v) is 2.05. The molecule has 0 aliphatic heterocycles. The summed E-state index contributed by atoms with van der Waals surface area (Å²) in [6.07, 6.45) is 5.12. The molecule has 3 heterocycles. The average molecular weight is 245 g/mol. The summed E-state index contributed by atoms with van der Waals surface area (Å²) in [5.41, 5.74) is 3.84. The first-order valence-corrected chi connectivity index (χ1v) is 5.54. The van der Waals surface area contributed by atoms with Gasteiger partial charge in [0.1, 0.15) is 11.5 Å². The quantitative estimate of drug-likeness (QED) is 0.618. The molecule has 17 heavy (non-hydrogen) atoms. The molecule has 84 valence electrons. The highest BCUT2D eigenvalue weighted by molar-refractivity contribution is 6.32. The van der Waals surface area contributed by atoms with Gasteiger partial charge in [-0.1, -0.05) is 11.6 Å². The summed E-state index contributed by atoms with van der Waals surface area (Å²) in [5.74, 6) is 0. The SMILES string of the molecule is Cc1cc2ncnn2cc1-c1cccnc1Cl. The molecule has 0 aromatic carbocycles. The van der Waals surface area contributed by atoms with Gasteiger partial charge in [0.2, 0.25) is 0 Å². The van der Waals surface area contributed by atoms with Gasteiger partial charge in [0.25, 0.3) is 0 Å². The summed E-state index contributed by atoms with van der Waals surface area (Å²) < 4.78 is 1.73. The molecule has 3 aromatic rings. The molecule has 0 unspecified atom stereocenters. The van der Waals surface area contributed by atoms with Crippen molar-refractivity contribution in [3.63, 3.8) is 0 Å². The maximum Gasteiger partial charge on any atom is 0.155 e. The number of hydrogen-bond acceptors (Lipinski definition) is 3. The highest BCUT2D eigenvalue weighted by Crippen LogP contribution is 2.28. The highest BCUT2D eigenvalue weighted by atomic mass is 35.5. The summed E-state index contributed by atoms with van der Waals surface area (Å²) >= 11 is 6.10. The average Bonchev–Trinajstić information content (AvgIpc) is 2.76. The van der Waals surface area contributed by atoms with Crippen LogP contribution in [0.4, 0.5) is 0 Å². The lowest BCUT2D eigenvalue weighted by molar-refractivity contribution is 0.959. The maximum atomic E-state index is 6.10. The van der Waals surface area contributed by atoms with Crippen LogP contribution in [0.25, 0.3) is 16.8 Å². The Bertz CT molecular complexity index is 690. The van der Waals surface area contributed by atoms with Gasteiger partial charge in [0.05, 0.1) is 0 Å². The van der Waals surface area contributed by atoms with Crippen molar-refractivity contribution in [3.8, 4) is 11.1 Å². The zero-order valence-electron chi connectivity index (χ0n) is 9.13. The fourth-order valence-electron chi connectivity index (χ4n) is 1.83. The molecule has 0 atom stereocenters. The number of nitrogens with zero attached hydrogens (tertiary/aromatic N) is 4. The van der Waals surface area contributed by atoms with Crippen LogP contribution in [-0.2, 0) is 0 Å². The molecule has 0 spiro atoms. The van der Waals surface area contributed by atoms with Crippen molar-refractivity contribution >= 4 is 17.2 Å². The predicted octanol–water partition coefficient (Wildman–Crippen LogP) is 2.75. The van der Waals surface area contributed by atoms with E-state index in [1.807, 2.05) is 31.3 Å². The maximum absolute atomic E-state index is 6.10. The normalized spacial score (nSPS) is 10.9. The van der Waals surface area contributed by atoms with Gasteiger partial charge < -0.3 is 0 Å². The van der Waals surface area contributed by atoms with Crippen LogP contribution in [0.5, 0.6) is 0 Å². The molecule has 0 aliphatic carbocycles. The van der Waals surface area contributed by atoms with Crippen LogP contribution in [0.1, 0.15) is 5.56 Å². The van der Waals surface area contributed by atoms with E-state index < -0.39 is 0 Å². The van der Waals surface area contributed by atoms with Crippen LogP contribution >= 0.6 is 11.6 Å². The molecule has 0 saturated heterocycles. The van der Waals surface area contributed by atoms with Gasteiger partial charge >= 0.3 is 0 Å². The number of pyridine rings is 2. The number of halogens is 1. The Morgan fingerprint density at radius 2 is 2.12 bits per heavy atom. The molecular weight excluding hydrogens is 236 g/mol. The van der Waals surface area contributed by atoms with Gasteiger partial charge in [-0.25, -0.2) is 14.5 Å². The first kappa shape index (κ1) is 10.2. The standard InChI is InChI=1S/C12H9ClN4/c1-8-5-11-15-7-16-17(11)6-10(8)9-3-2-4-14-12(9)13/h2-7H,1H3. The van der Waals surface area contributed by atoms with Crippen molar-refractivity contribution in [2.75, 3.05) is 0 Å². The Hall–Kier alpha value is -1.94. The molecule has 0 fully saturated rings. The van der Waals surface area contributed by atoms with Crippen molar-refractivity contribution in [1.29, 1.82) is 0 Å². The van der Waals surface area contributed by atoms with Crippen LogP contribution in [0, 0.1) is 6.92 Å². The fraction of sp³-hybridized carbons (Fsp3) is 0.0833. The Labute approximate surface area is 103 Å². The van der Waals surface area contributed by atoms with E-state index in [1.54, 1.807) is 10.7 Å². The Morgan fingerprint density at radius 1 is 1.24 bits per heavy atom. The Balaban J connectivity index is 2.30.